The third kappa shape index (κ3) is 6.96. The number of hydrogen-bond acceptors (Lipinski definition) is 7. The Hall–Kier alpha value is -3.30. The lowest BCUT2D eigenvalue weighted by molar-refractivity contribution is 0.0754. The summed E-state index contributed by atoms with van der Waals surface area (Å²) in [6.07, 6.45) is 2.46. The summed E-state index contributed by atoms with van der Waals surface area (Å²) in [5.41, 5.74) is 2.35. The van der Waals surface area contributed by atoms with Gasteiger partial charge in [-0.1, -0.05) is 36.7 Å². The van der Waals surface area contributed by atoms with Crippen LogP contribution < -0.4 is 9.64 Å². The van der Waals surface area contributed by atoms with Crippen molar-refractivity contribution in [3.05, 3.63) is 75.2 Å². The van der Waals surface area contributed by atoms with Gasteiger partial charge in [-0.25, -0.2) is 9.78 Å². The van der Waals surface area contributed by atoms with Crippen LogP contribution in [0.1, 0.15) is 46.7 Å². The van der Waals surface area contributed by atoms with E-state index in [9.17, 15) is 9.59 Å². The third-order valence-corrected chi connectivity index (χ3v) is 7.56. The van der Waals surface area contributed by atoms with E-state index in [1.807, 2.05) is 65.5 Å². The van der Waals surface area contributed by atoms with Crippen molar-refractivity contribution in [2.45, 2.75) is 32.4 Å². The fraction of sp³-hybridized carbons (Fsp3) is 0.393. The number of amides is 2. The van der Waals surface area contributed by atoms with Gasteiger partial charge in [0.15, 0.2) is 0 Å². The number of nitrogens with zero attached hydrogens (tertiary/aromatic N) is 4. The first-order valence-corrected chi connectivity index (χ1v) is 13.9. The molecule has 0 radical (unpaired) electrons. The number of fused-ring (bicyclic) bond motifs is 1. The van der Waals surface area contributed by atoms with Gasteiger partial charge in [0.05, 0.1) is 17.9 Å². The fourth-order valence-electron chi connectivity index (χ4n) is 4.21. The molecule has 38 heavy (non-hydrogen) atoms. The second kappa shape index (κ2) is 13.0. The number of hydrogen-bond donors (Lipinski definition) is 0. The Morgan fingerprint density at radius 2 is 2.03 bits per heavy atom. The molecule has 1 aromatic carbocycles. The summed E-state index contributed by atoms with van der Waals surface area (Å²) < 4.78 is 11.6. The Morgan fingerprint density at radius 1 is 1.24 bits per heavy atom. The Labute approximate surface area is 232 Å². The highest BCUT2D eigenvalue weighted by atomic mass is 35.5. The van der Waals surface area contributed by atoms with E-state index in [1.54, 1.807) is 35.5 Å². The molecule has 8 nitrogen and oxygen atoms in total. The van der Waals surface area contributed by atoms with E-state index in [4.69, 9.17) is 21.1 Å². The van der Waals surface area contributed by atoms with Crippen molar-refractivity contribution < 1.29 is 19.1 Å². The molecular weight excluding hydrogens is 524 g/mol. The van der Waals surface area contributed by atoms with Gasteiger partial charge in [0, 0.05) is 57.8 Å². The van der Waals surface area contributed by atoms with Crippen LogP contribution in [0.3, 0.4) is 0 Å². The topological polar surface area (TPSA) is 75.2 Å². The average molecular weight is 557 g/mol. The SMILES string of the molecule is CCCOC(=O)N(C)CC[C@H](Oc1ccc(CN2CCN(C)c3cc(Cl)ncc3C2=O)cc1)c1cccs1. The maximum absolute atomic E-state index is 13.2. The van der Waals surface area contributed by atoms with Gasteiger partial charge in [-0.15, -0.1) is 11.3 Å². The monoisotopic (exact) mass is 556 g/mol. The van der Waals surface area contributed by atoms with Crippen molar-refractivity contribution in [3.63, 3.8) is 0 Å². The van der Waals surface area contributed by atoms with Gasteiger partial charge in [0.2, 0.25) is 0 Å². The van der Waals surface area contributed by atoms with E-state index in [-0.39, 0.29) is 18.1 Å². The summed E-state index contributed by atoms with van der Waals surface area (Å²) >= 11 is 7.69. The van der Waals surface area contributed by atoms with Crippen LogP contribution in [0, 0.1) is 0 Å². The maximum Gasteiger partial charge on any atom is 0.409 e. The zero-order valence-electron chi connectivity index (χ0n) is 21.9. The van der Waals surface area contributed by atoms with E-state index >= 15 is 0 Å². The summed E-state index contributed by atoms with van der Waals surface area (Å²) in [7, 11) is 3.69. The minimum atomic E-state index is -0.322. The van der Waals surface area contributed by atoms with Crippen molar-refractivity contribution in [1.82, 2.24) is 14.8 Å². The molecule has 1 aliphatic heterocycles. The highest BCUT2D eigenvalue weighted by Gasteiger charge is 2.26. The zero-order chi connectivity index (χ0) is 27.1. The molecule has 0 spiro atoms. The normalized spacial score (nSPS) is 14.1. The summed E-state index contributed by atoms with van der Waals surface area (Å²) in [6, 6.07) is 13.6. The lowest BCUT2D eigenvalue weighted by atomic mass is 10.1. The van der Waals surface area contributed by atoms with Crippen LogP contribution in [0.25, 0.3) is 0 Å². The highest BCUT2D eigenvalue weighted by Crippen LogP contribution is 2.30. The first-order chi connectivity index (χ1) is 18.4. The number of thiophene rings is 1. The van der Waals surface area contributed by atoms with Gasteiger partial charge < -0.3 is 24.2 Å². The number of rotatable bonds is 10. The van der Waals surface area contributed by atoms with Crippen LogP contribution in [0.5, 0.6) is 5.75 Å². The minimum absolute atomic E-state index is 0.0619. The van der Waals surface area contributed by atoms with Gasteiger partial charge in [0.25, 0.3) is 5.91 Å². The number of halogens is 1. The van der Waals surface area contributed by atoms with E-state index in [0.717, 1.165) is 28.3 Å². The van der Waals surface area contributed by atoms with Gasteiger partial charge in [-0.3, -0.25) is 4.79 Å². The fourth-order valence-corrected chi connectivity index (χ4v) is 5.15. The first-order valence-electron chi connectivity index (χ1n) is 12.7. The quantitative estimate of drug-likeness (QED) is 0.290. The Morgan fingerprint density at radius 3 is 2.74 bits per heavy atom. The van der Waals surface area contributed by atoms with Crippen molar-refractivity contribution in [3.8, 4) is 5.75 Å². The summed E-state index contributed by atoms with van der Waals surface area (Å²) in [4.78, 5) is 36.0. The number of carbonyl (C=O) groups is 2. The molecule has 0 saturated carbocycles. The van der Waals surface area contributed by atoms with Gasteiger partial charge in [-0.2, -0.15) is 0 Å². The molecule has 0 fully saturated rings. The van der Waals surface area contributed by atoms with Gasteiger partial charge in [0.1, 0.15) is 17.0 Å². The molecule has 1 atom stereocenters. The van der Waals surface area contributed by atoms with E-state index in [0.29, 0.717) is 49.9 Å². The molecule has 4 rings (SSSR count). The molecule has 3 aromatic rings. The van der Waals surface area contributed by atoms with Crippen LogP contribution >= 0.6 is 22.9 Å². The predicted molar refractivity (Wildman–Crippen MR) is 150 cm³/mol. The highest BCUT2D eigenvalue weighted by molar-refractivity contribution is 7.10. The Balaban J connectivity index is 1.40. The number of anilines is 1. The molecule has 202 valence electrons. The molecule has 2 aromatic heterocycles. The van der Waals surface area contributed by atoms with Crippen LogP contribution in [-0.2, 0) is 11.3 Å². The number of likely N-dealkylation sites (N-methyl/N-ethyl adjacent to an activating group) is 1. The Bertz CT molecular complexity index is 1220. The number of aromatic nitrogens is 1. The largest absolute Gasteiger partial charge is 0.485 e. The van der Waals surface area contributed by atoms with Gasteiger partial charge >= 0.3 is 6.09 Å². The summed E-state index contributed by atoms with van der Waals surface area (Å²) in [5, 5.41) is 2.39. The minimum Gasteiger partial charge on any atom is -0.485 e. The number of benzene rings is 1. The van der Waals surface area contributed by atoms with E-state index < -0.39 is 0 Å². The number of pyridine rings is 1. The molecule has 0 bridgehead atoms. The van der Waals surface area contributed by atoms with E-state index in [2.05, 4.69) is 4.98 Å². The summed E-state index contributed by atoms with van der Waals surface area (Å²) in [6.45, 7) is 4.66. The number of ether oxygens (including phenoxy) is 2. The lowest BCUT2D eigenvalue weighted by Crippen LogP contribution is -2.33. The van der Waals surface area contributed by atoms with Crippen LogP contribution in [0.15, 0.2) is 54.0 Å². The zero-order valence-corrected chi connectivity index (χ0v) is 23.5. The molecule has 0 aliphatic carbocycles. The second-order valence-corrected chi connectivity index (χ2v) is 10.6. The van der Waals surface area contributed by atoms with Crippen molar-refractivity contribution >= 4 is 40.6 Å². The van der Waals surface area contributed by atoms with Crippen LogP contribution in [0.2, 0.25) is 5.15 Å². The molecule has 3 heterocycles. The first kappa shape index (κ1) is 27.7. The molecular formula is C28H33ClN4O4S. The van der Waals surface area contributed by atoms with Crippen molar-refractivity contribution in [2.24, 2.45) is 0 Å². The molecule has 0 unspecified atom stereocenters. The second-order valence-electron chi connectivity index (χ2n) is 9.26. The summed E-state index contributed by atoms with van der Waals surface area (Å²) in [5.74, 6) is 0.669. The average Bonchev–Trinajstić information content (AvgIpc) is 3.43. The number of carbonyl (C=O) groups excluding carboxylic acids is 2. The van der Waals surface area contributed by atoms with Crippen LogP contribution in [-0.4, -0.2) is 67.1 Å². The molecule has 1 aliphatic rings. The molecule has 0 saturated heterocycles. The molecule has 0 N–H and O–H groups in total. The lowest BCUT2D eigenvalue weighted by Gasteiger charge is -2.23. The van der Waals surface area contributed by atoms with Crippen LogP contribution in [0.4, 0.5) is 10.5 Å². The third-order valence-electron chi connectivity index (χ3n) is 6.39. The van der Waals surface area contributed by atoms with E-state index in [1.165, 1.54) is 0 Å². The maximum atomic E-state index is 13.2. The van der Waals surface area contributed by atoms with Gasteiger partial charge in [-0.05, 0) is 41.6 Å². The standard InChI is InChI=1S/C28H33ClN4O4S/c1-4-15-36-28(35)32(3)12-11-24(25-6-5-16-38-25)37-21-9-7-20(8-10-21)19-33-14-13-31(2)23-17-26(29)30-18-22(23)27(33)34/h5-10,16-18,24H,4,11-15,19H2,1-3H3/t24-/m0/s1. The molecule has 10 heteroatoms. The predicted octanol–water partition coefficient (Wildman–Crippen LogP) is 5.88. The Kier molecular flexibility index (Phi) is 9.47. The smallest absolute Gasteiger partial charge is 0.409 e. The van der Waals surface area contributed by atoms with Crippen molar-refractivity contribution in [2.75, 3.05) is 45.2 Å². The molecule has 2 amide bonds. The van der Waals surface area contributed by atoms with Crippen molar-refractivity contribution in [1.29, 1.82) is 0 Å².